The lowest BCUT2D eigenvalue weighted by molar-refractivity contribution is -0.150. The lowest BCUT2D eigenvalue weighted by atomic mass is 9.97. The van der Waals surface area contributed by atoms with Crippen molar-refractivity contribution >= 4 is 28.7 Å². The largest absolute Gasteiger partial charge is 0.433 e. The number of para-hydroxylation sites is 1. The van der Waals surface area contributed by atoms with E-state index in [9.17, 15) is 31.1 Å². The number of nitrogens with one attached hydrogen (secondary N) is 2. The Morgan fingerprint density at radius 2 is 1.49 bits per heavy atom. The van der Waals surface area contributed by atoms with Crippen molar-refractivity contribution in [1.82, 2.24) is 4.98 Å². The Morgan fingerprint density at radius 3 is 2.09 bits per heavy atom. The van der Waals surface area contributed by atoms with Gasteiger partial charge in [0.2, 0.25) is 0 Å². The third-order valence-corrected chi connectivity index (χ3v) is 5.52. The molecule has 0 fully saturated rings. The molecular weight excluding hydrogens is 474 g/mol. The fourth-order valence-corrected chi connectivity index (χ4v) is 3.94. The maximum Gasteiger partial charge on any atom is 0.433 e. The highest BCUT2D eigenvalue weighted by atomic mass is 19.4. The van der Waals surface area contributed by atoms with Crippen molar-refractivity contribution < 1.29 is 31.1 Å². The molecule has 1 amide bonds. The van der Waals surface area contributed by atoms with Gasteiger partial charge in [-0.25, -0.2) is 4.98 Å². The molecule has 1 aliphatic rings. The number of aromatic nitrogens is 1. The van der Waals surface area contributed by atoms with Gasteiger partial charge >= 0.3 is 12.4 Å². The summed E-state index contributed by atoms with van der Waals surface area (Å²) < 4.78 is 78.1. The number of aryl methyl sites for hydroxylation is 1. The first-order valence-electron chi connectivity index (χ1n) is 10.6. The first kappa shape index (κ1) is 24.4. The van der Waals surface area contributed by atoms with Crippen molar-refractivity contribution in [1.29, 1.82) is 0 Å². The van der Waals surface area contributed by atoms with Crippen LogP contribution in [0.4, 0.5) is 49.1 Å². The van der Waals surface area contributed by atoms with Crippen LogP contribution in [0.3, 0.4) is 0 Å². The SMILES string of the molecule is CN1CCCc2cccc(C(=O)Nc3ccc(Nc4cc(C(F)(F)F)nc(C(F)(F)F)c4)cc3)c21. The maximum atomic E-state index is 13.0. The molecule has 0 unspecified atom stereocenters. The van der Waals surface area contributed by atoms with Gasteiger partial charge in [-0.2, -0.15) is 26.3 Å². The summed E-state index contributed by atoms with van der Waals surface area (Å²) >= 11 is 0. The van der Waals surface area contributed by atoms with Crippen LogP contribution in [0.15, 0.2) is 54.6 Å². The summed E-state index contributed by atoms with van der Waals surface area (Å²) in [6.45, 7) is 0.832. The number of carbonyl (C=O) groups excluding carboxylic acids is 1. The van der Waals surface area contributed by atoms with Gasteiger partial charge in [0.15, 0.2) is 0 Å². The number of hydrogen-bond donors (Lipinski definition) is 2. The summed E-state index contributed by atoms with van der Waals surface area (Å²) in [5.74, 6) is -0.324. The average molecular weight is 494 g/mol. The van der Waals surface area contributed by atoms with E-state index in [1.165, 1.54) is 24.3 Å². The number of benzene rings is 2. The van der Waals surface area contributed by atoms with E-state index in [0.717, 1.165) is 30.6 Å². The third-order valence-electron chi connectivity index (χ3n) is 5.52. The van der Waals surface area contributed by atoms with Gasteiger partial charge < -0.3 is 15.5 Å². The van der Waals surface area contributed by atoms with Gasteiger partial charge in [0, 0.05) is 30.7 Å². The van der Waals surface area contributed by atoms with Gasteiger partial charge in [0.05, 0.1) is 11.3 Å². The molecule has 184 valence electrons. The van der Waals surface area contributed by atoms with E-state index >= 15 is 0 Å². The van der Waals surface area contributed by atoms with Crippen molar-refractivity contribution in [3.8, 4) is 0 Å². The molecule has 0 radical (unpaired) electrons. The highest BCUT2D eigenvalue weighted by Gasteiger charge is 2.38. The van der Waals surface area contributed by atoms with Gasteiger partial charge in [-0.05, 0) is 60.9 Å². The Morgan fingerprint density at radius 1 is 0.886 bits per heavy atom. The van der Waals surface area contributed by atoms with E-state index in [1.807, 2.05) is 24.1 Å². The van der Waals surface area contributed by atoms with Crippen LogP contribution in [0.25, 0.3) is 0 Å². The second kappa shape index (κ2) is 9.12. The zero-order chi connectivity index (χ0) is 25.4. The molecule has 5 nitrogen and oxygen atoms in total. The van der Waals surface area contributed by atoms with Crippen LogP contribution in [0.2, 0.25) is 0 Å². The van der Waals surface area contributed by atoms with Crippen LogP contribution in [-0.2, 0) is 18.8 Å². The molecule has 2 aromatic carbocycles. The quantitative estimate of drug-likeness (QED) is 0.407. The summed E-state index contributed by atoms with van der Waals surface area (Å²) in [5.41, 5.74) is -0.623. The Kier molecular flexibility index (Phi) is 6.35. The van der Waals surface area contributed by atoms with Crippen LogP contribution in [0, 0.1) is 0 Å². The molecule has 11 heteroatoms. The number of hydrogen-bond acceptors (Lipinski definition) is 4. The van der Waals surface area contributed by atoms with Crippen LogP contribution < -0.4 is 15.5 Å². The first-order valence-corrected chi connectivity index (χ1v) is 10.6. The van der Waals surface area contributed by atoms with E-state index in [4.69, 9.17) is 0 Å². The lowest BCUT2D eigenvalue weighted by Crippen LogP contribution is -2.28. The molecule has 1 aliphatic heterocycles. The van der Waals surface area contributed by atoms with Crippen LogP contribution >= 0.6 is 0 Å². The molecule has 0 saturated heterocycles. The molecular formula is C24H20F6N4O. The molecule has 0 saturated carbocycles. The molecule has 2 N–H and O–H groups in total. The zero-order valence-corrected chi connectivity index (χ0v) is 18.4. The van der Waals surface area contributed by atoms with Crippen molar-refractivity contribution in [3.63, 3.8) is 0 Å². The van der Waals surface area contributed by atoms with Gasteiger partial charge in [0.25, 0.3) is 5.91 Å². The van der Waals surface area contributed by atoms with Crippen molar-refractivity contribution in [2.45, 2.75) is 25.2 Å². The van der Waals surface area contributed by atoms with E-state index < -0.39 is 29.4 Å². The van der Waals surface area contributed by atoms with Crippen LogP contribution in [-0.4, -0.2) is 24.5 Å². The number of fused-ring (bicyclic) bond motifs is 1. The Labute approximate surface area is 196 Å². The molecule has 0 atom stereocenters. The number of halogens is 6. The minimum Gasteiger partial charge on any atom is -0.374 e. The fourth-order valence-electron chi connectivity index (χ4n) is 3.94. The number of anilines is 4. The topological polar surface area (TPSA) is 57.3 Å². The second-order valence-electron chi connectivity index (χ2n) is 8.12. The smallest absolute Gasteiger partial charge is 0.374 e. The maximum absolute atomic E-state index is 13.0. The Balaban J connectivity index is 1.52. The zero-order valence-electron chi connectivity index (χ0n) is 18.4. The van der Waals surface area contributed by atoms with Crippen molar-refractivity contribution in [2.75, 3.05) is 29.1 Å². The summed E-state index contributed by atoms with van der Waals surface area (Å²) in [7, 11) is 1.92. The number of pyridine rings is 1. The monoisotopic (exact) mass is 494 g/mol. The van der Waals surface area contributed by atoms with E-state index in [0.29, 0.717) is 23.4 Å². The highest BCUT2D eigenvalue weighted by Crippen LogP contribution is 2.36. The summed E-state index contributed by atoms with van der Waals surface area (Å²) in [5, 5.41) is 5.31. The highest BCUT2D eigenvalue weighted by molar-refractivity contribution is 6.08. The number of amides is 1. The normalized spacial score (nSPS) is 13.9. The fraction of sp³-hybridized carbons (Fsp3) is 0.250. The molecule has 35 heavy (non-hydrogen) atoms. The first-order chi connectivity index (χ1) is 16.4. The molecule has 0 aliphatic carbocycles. The molecule has 2 heterocycles. The second-order valence-corrected chi connectivity index (χ2v) is 8.12. The predicted molar refractivity (Wildman–Crippen MR) is 120 cm³/mol. The lowest BCUT2D eigenvalue weighted by Gasteiger charge is -2.29. The average Bonchev–Trinajstić information content (AvgIpc) is 2.79. The molecule has 3 aromatic rings. The minimum atomic E-state index is -5.05. The van der Waals surface area contributed by atoms with E-state index in [-0.39, 0.29) is 11.6 Å². The number of nitrogens with zero attached hydrogens (tertiary/aromatic N) is 2. The Bertz CT molecular complexity index is 1210. The van der Waals surface area contributed by atoms with Gasteiger partial charge in [0.1, 0.15) is 11.4 Å². The molecule has 0 spiro atoms. The predicted octanol–water partition coefficient (Wildman–Crippen LogP) is 6.50. The van der Waals surface area contributed by atoms with Crippen LogP contribution in [0.5, 0.6) is 0 Å². The summed E-state index contributed by atoms with van der Waals surface area (Å²) in [6.07, 6.45) is -8.22. The third kappa shape index (κ3) is 5.50. The molecule has 0 bridgehead atoms. The van der Waals surface area contributed by atoms with Crippen molar-refractivity contribution in [3.05, 3.63) is 77.1 Å². The van der Waals surface area contributed by atoms with Gasteiger partial charge in [-0.1, -0.05) is 12.1 Å². The number of rotatable bonds is 4. The number of carbonyl (C=O) groups is 1. The van der Waals surface area contributed by atoms with Gasteiger partial charge in [-0.15, -0.1) is 0 Å². The van der Waals surface area contributed by atoms with Gasteiger partial charge in [-0.3, -0.25) is 4.79 Å². The molecule has 4 rings (SSSR count). The minimum absolute atomic E-state index is 0.229. The Hall–Kier alpha value is -3.76. The number of alkyl halides is 6. The standard InChI is InChI=1S/C24H20F6N4O/c1-34-11-3-5-14-4-2-6-18(21(14)34)22(35)32-16-9-7-15(8-10-16)31-17-12-19(23(25,26)27)33-20(13-17)24(28,29)30/h2,4,6-10,12-13H,3,5,11H2,1H3,(H,31,33)(H,32,35). The van der Waals surface area contributed by atoms with Crippen LogP contribution in [0.1, 0.15) is 33.7 Å². The summed E-state index contributed by atoms with van der Waals surface area (Å²) in [4.78, 5) is 17.6. The summed E-state index contributed by atoms with van der Waals surface area (Å²) in [6, 6.07) is 12.4. The molecule has 1 aromatic heterocycles. The van der Waals surface area contributed by atoms with E-state index in [1.54, 1.807) is 6.07 Å². The van der Waals surface area contributed by atoms with E-state index in [2.05, 4.69) is 15.6 Å². The van der Waals surface area contributed by atoms with Crippen molar-refractivity contribution in [2.24, 2.45) is 0 Å².